The first-order valence-corrected chi connectivity index (χ1v) is 8.88. The summed E-state index contributed by atoms with van der Waals surface area (Å²) < 4.78 is 22.9. The van der Waals surface area contributed by atoms with Gasteiger partial charge in [-0.3, -0.25) is 19.0 Å². The van der Waals surface area contributed by atoms with Crippen molar-refractivity contribution in [1.29, 1.82) is 0 Å². The summed E-state index contributed by atoms with van der Waals surface area (Å²) in [5.41, 5.74) is 0. The summed E-state index contributed by atoms with van der Waals surface area (Å²) in [6.45, 7) is 3.38. The molecule has 9 nitrogen and oxygen atoms in total. The van der Waals surface area contributed by atoms with E-state index in [9.17, 15) is 14.4 Å². The van der Waals surface area contributed by atoms with Crippen LogP contribution in [0.25, 0.3) is 0 Å². The first kappa shape index (κ1) is 20.9. The second-order valence-electron chi connectivity index (χ2n) is 5.35. The summed E-state index contributed by atoms with van der Waals surface area (Å²) in [6, 6.07) is 0. The summed E-state index contributed by atoms with van der Waals surface area (Å²) in [5, 5.41) is 0.0200. The molecule has 0 N–H and O–H groups in total. The van der Waals surface area contributed by atoms with Gasteiger partial charge in [-0.1, -0.05) is 23.2 Å². The molecule has 0 unspecified atom stereocenters. The standard InChI is InChI=1S/C14H15BrCl2N2O7/c1-5(20)23-4-8-9(24-6(2)21)10(25-7(3)22)13(26-8)19-12(17)11(16)18-14(19)15/h8-10,13H,4H2,1-3H3/t8-,9-,10-,13-/m1/s1. The number of esters is 3. The van der Waals surface area contributed by atoms with E-state index >= 15 is 0 Å². The monoisotopic (exact) mass is 472 g/mol. The van der Waals surface area contributed by atoms with Crippen LogP contribution < -0.4 is 0 Å². The third kappa shape index (κ3) is 4.67. The van der Waals surface area contributed by atoms with Gasteiger partial charge in [0.25, 0.3) is 0 Å². The SMILES string of the molecule is CC(=O)OC[C@H]1O[C@@H](n2c(Br)nc(Cl)c2Cl)[C@H](OC(C)=O)[C@@H]1OC(C)=O. The average Bonchev–Trinajstić information content (AvgIpc) is 2.94. The van der Waals surface area contributed by atoms with Crippen LogP contribution in [0.3, 0.4) is 0 Å². The molecular formula is C14H15BrCl2N2O7. The van der Waals surface area contributed by atoms with Crippen LogP contribution in [-0.4, -0.2) is 52.4 Å². The van der Waals surface area contributed by atoms with Crippen molar-refractivity contribution >= 4 is 57.0 Å². The minimum Gasteiger partial charge on any atom is -0.463 e. The zero-order valence-electron chi connectivity index (χ0n) is 13.9. The quantitative estimate of drug-likeness (QED) is 0.473. The van der Waals surface area contributed by atoms with Gasteiger partial charge in [0, 0.05) is 20.8 Å². The lowest BCUT2D eigenvalue weighted by molar-refractivity contribution is -0.166. The number of halogens is 3. The Morgan fingerprint density at radius 1 is 1.12 bits per heavy atom. The van der Waals surface area contributed by atoms with Gasteiger partial charge in [0.2, 0.25) is 0 Å². The predicted molar refractivity (Wildman–Crippen MR) is 91.6 cm³/mol. The fourth-order valence-electron chi connectivity index (χ4n) is 2.48. The van der Waals surface area contributed by atoms with Crippen molar-refractivity contribution in [1.82, 2.24) is 9.55 Å². The Hall–Kier alpha value is -1.36. The molecule has 0 aromatic carbocycles. The van der Waals surface area contributed by atoms with Gasteiger partial charge in [-0.2, -0.15) is 0 Å². The summed E-state index contributed by atoms with van der Waals surface area (Å²) in [4.78, 5) is 38.1. The Labute approximate surface area is 166 Å². The third-order valence-corrected chi connectivity index (χ3v) is 4.65. The Morgan fingerprint density at radius 3 is 2.15 bits per heavy atom. The molecule has 12 heteroatoms. The highest BCUT2D eigenvalue weighted by molar-refractivity contribution is 9.10. The van der Waals surface area contributed by atoms with Gasteiger partial charge >= 0.3 is 17.9 Å². The largest absolute Gasteiger partial charge is 0.463 e. The van der Waals surface area contributed by atoms with Gasteiger partial charge in [0.15, 0.2) is 33.5 Å². The highest BCUT2D eigenvalue weighted by atomic mass is 79.9. The third-order valence-electron chi connectivity index (χ3n) is 3.37. The molecule has 0 spiro atoms. The molecule has 4 atom stereocenters. The average molecular weight is 474 g/mol. The van der Waals surface area contributed by atoms with Gasteiger partial charge in [-0.15, -0.1) is 0 Å². The molecule has 1 aliphatic rings. The molecule has 1 aromatic heterocycles. The molecule has 0 saturated carbocycles. The zero-order valence-corrected chi connectivity index (χ0v) is 17.0. The molecule has 2 heterocycles. The Balaban J connectivity index is 2.42. The van der Waals surface area contributed by atoms with E-state index in [4.69, 9.17) is 42.1 Å². The van der Waals surface area contributed by atoms with Crippen molar-refractivity contribution in [2.75, 3.05) is 6.61 Å². The molecule has 0 aliphatic carbocycles. The number of hydrogen-bond acceptors (Lipinski definition) is 8. The van der Waals surface area contributed by atoms with Crippen molar-refractivity contribution in [3.05, 3.63) is 15.0 Å². The number of nitrogens with zero attached hydrogens (tertiary/aromatic N) is 2. The number of carbonyl (C=O) groups excluding carboxylic acids is 3. The lowest BCUT2D eigenvalue weighted by atomic mass is 10.1. The fraction of sp³-hybridized carbons (Fsp3) is 0.571. The van der Waals surface area contributed by atoms with Gasteiger partial charge in [0.05, 0.1) is 0 Å². The smallest absolute Gasteiger partial charge is 0.303 e. The lowest BCUT2D eigenvalue weighted by Crippen LogP contribution is -2.40. The van der Waals surface area contributed by atoms with E-state index in [0.717, 1.165) is 0 Å². The molecular weight excluding hydrogens is 459 g/mol. The molecule has 26 heavy (non-hydrogen) atoms. The van der Waals surface area contributed by atoms with Crippen molar-refractivity contribution < 1.29 is 33.3 Å². The normalized spacial score (nSPS) is 25.0. The van der Waals surface area contributed by atoms with E-state index < -0.39 is 42.4 Å². The molecule has 2 rings (SSSR count). The predicted octanol–water partition coefficient (Wildman–Crippen LogP) is 2.28. The van der Waals surface area contributed by atoms with Crippen LogP contribution in [0.5, 0.6) is 0 Å². The second-order valence-corrected chi connectivity index (χ2v) is 6.77. The molecule has 1 aromatic rings. The van der Waals surface area contributed by atoms with Crippen molar-refractivity contribution in [2.24, 2.45) is 0 Å². The summed E-state index contributed by atoms with van der Waals surface area (Å²) in [6.07, 6.45) is -4.03. The Bertz CT molecular complexity index is 726. The minimum absolute atomic E-state index is 0.00353. The summed E-state index contributed by atoms with van der Waals surface area (Å²) in [7, 11) is 0. The van der Waals surface area contributed by atoms with Crippen molar-refractivity contribution in [3.63, 3.8) is 0 Å². The second kappa shape index (κ2) is 8.55. The van der Waals surface area contributed by atoms with Crippen LogP contribution in [0.4, 0.5) is 0 Å². The first-order chi connectivity index (χ1) is 12.1. The van der Waals surface area contributed by atoms with E-state index in [1.54, 1.807) is 0 Å². The van der Waals surface area contributed by atoms with E-state index in [1.807, 2.05) is 0 Å². The maximum atomic E-state index is 11.6. The number of rotatable bonds is 5. The Kier molecular flexibility index (Phi) is 6.89. The van der Waals surface area contributed by atoms with Gasteiger partial charge < -0.3 is 18.9 Å². The highest BCUT2D eigenvalue weighted by Gasteiger charge is 2.51. The lowest BCUT2D eigenvalue weighted by Gasteiger charge is -2.24. The van der Waals surface area contributed by atoms with Gasteiger partial charge in [-0.25, -0.2) is 4.98 Å². The van der Waals surface area contributed by atoms with Crippen LogP contribution in [0, 0.1) is 0 Å². The summed E-state index contributed by atoms with van der Waals surface area (Å²) in [5.74, 6) is -1.81. The van der Waals surface area contributed by atoms with E-state index in [1.165, 1.54) is 25.3 Å². The van der Waals surface area contributed by atoms with Crippen LogP contribution in [0.1, 0.15) is 27.0 Å². The van der Waals surface area contributed by atoms with Crippen LogP contribution >= 0.6 is 39.1 Å². The van der Waals surface area contributed by atoms with Gasteiger partial charge in [-0.05, 0) is 15.9 Å². The number of aromatic nitrogens is 2. The summed E-state index contributed by atoms with van der Waals surface area (Å²) >= 11 is 15.3. The molecule has 1 fully saturated rings. The Morgan fingerprint density at radius 2 is 1.69 bits per heavy atom. The van der Waals surface area contributed by atoms with Crippen molar-refractivity contribution in [3.8, 4) is 0 Å². The van der Waals surface area contributed by atoms with Crippen LogP contribution in [-0.2, 0) is 33.3 Å². The van der Waals surface area contributed by atoms with Crippen molar-refractivity contribution in [2.45, 2.75) is 45.3 Å². The maximum absolute atomic E-state index is 11.6. The minimum atomic E-state index is -1.07. The topological polar surface area (TPSA) is 106 Å². The van der Waals surface area contributed by atoms with E-state index in [-0.39, 0.29) is 21.6 Å². The number of hydrogen-bond donors (Lipinski definition) is 0. The highest BCUT2D eigenvalue weighted by Crippen LogP contribution is 2.39. The zero-order chi connectivity index (χ0) is 19.6. The van der Waals surface area contributed by atoms with Gasteiger partial charge in [0.1, 0.15) is 12.7 Å². The van der Waals surface area contributed by atoms with Crippen LogP contribution in [0.2, 0.25) is 10.3 Å². The molecule has 1 aliphatic heterocycles. The molecule has 1 saturated heterocycles. The number of imidazole rings is 1. The molecule has 0 bridgehead atoms. The van der Waals surface area contributed by atoms with Crippen LogP contribution in [0.15, 0.2) is 4.73 Å². The first-order valence-electron chi connectivity index (χ1n) is 7.33. The molecule has 0 radical (unpaired) electrons. The van der Waals surface area contributed by atoms with E-state index in [0.29, 0.717) is 0 Å². The molecule has 0 amide bonds. The fourth-order valence-corrected chi connectivity index (χ4v) is 3.63. The van der Waals surface area contributed by atoms with E-state index in [2.05, 4.69) is 20.9 Å². The number of ether oxygens (including phenoxy) is 4. The maximum Gasteiger partial charge on any atom is 0.303 e. The number of carbonyl (C=O) groups is 3. The molecule has 144 valence electrons.